The third-order valence-corrected chi connectivity index (χ3v) is 24.6. The molecule has 624 valence electrons. The molecule has 0 heterocycles. The molecule has 18 aromatic carbocycles. The Kier molecular flexibility index (Phi) is 35.2. The third-order valence-electron chi connectivity index (χ3n) is 21.4. The van der Waals surface area contributed by atoms with Crippen molar-refractivity contribution in [3.8, 4) is 101 Å². The van der Waals surface area contributed by atoms with Crippen LogP contribution in [0.15, 0.2) is 466 Å². The van der Waals surface area contributed by atoms with Gasteiger partial charge in [0, 0.05) is 29.4 Å². The van der Waals surface area contributed by atoms with E-state index in [9.17, 15) is 30.6 Å². The summed E-state index contributed by atoms with van der Waals surface area (Å²) in [6.07, 6.45) is 25.0. The van der Waals surface area contributed by atoms with Crippen molar-refractivity contribution < 1.29 is 30.6 Å². The molecule has 0 N–H and O–H groups in total. The van der Waals surface area contributed by atoms with E-state index in [0.717, 1.165) is 134 Å². The molecule has 0 spiro atoms. The summed E-state index contributed by atoms with van der Waals surface area (Å²) in [6, 6.07) is 142. The molecule has 0 saturated carbocycles. The van der Waals surface area contributed by atoms with Crippen LogP contribution in [0.25, 0.3) is 140 Å². The Hall–Kier alpha value is -13.6. The van der Waals surface area contributed by atoms with Gasteiger partial charge >= 0.3 is 70.9 Å². The van der Waals surface area contributed by atoms with E-state index >= 15 is 0 Å². The standard InChI is InChI=1S/3C40H30O2S.Be.Ca.Mg/c3*41-37-25-23-35(33-19-15-31(16-20-33)13-11-29-7-3-1-4-8-29)27-39(37)43-40-28-36(24-26-38(40)42)34-21-17-32(18-22-34)14-12-30-9-5-2-6-10-30;;;/h3*1-28,41-42H;;;/q;;;3*+2/p-6/b3*13-11+,14-12+;;;. The van der Waals surface area contributed by atoms with Crippen LogP contribution in [0.1, 0.15) is 66.8 Å². The fourth-order valence-corrected chi connectivity index (χ4v) is 17.1. The fourth-order valence-electron chi connectivity index (χ4n) is 14.2. The molecule has 0 fully saturated rings. The zero-order valence-corrected chi connectivity index (χ0v) is 78.4. The van der Waals surface area contributed by atoms with Crippen LogP contribution >= 0.6 is 35.3 Å². The number of hydrogen-bond donors (Lipinski definition) is 0. The van der Waals surface area contributed by atoms with Crippen LogP contribution < -0.4 is 30.6 Å². The molecular weight excluding hydrogens is 1710 g/mol. The van der Waals surface area contributed by atoms with E-state index in [0.29, 0.717) is 29.4 Å². The van der Waals surface area contributed by atoms with E-state index in [4.69, 9.17) is 0 Å². The Balaban J connectivity index is 0.000000166. The minimum absolute atomic E-state index is 0. The molecule has 0 saturated heterocycles. The molecular formula is C120H84BeCaMgO6S3. The maximum atomic E-state index is 12.8. The van der Waals surface area contributed by atoms with Gasteiger partial charge in [0.2, 0.25) is 0 Å². The molecule has 0 unspecified atom stereocenters. The van der Waals surface area contributed by atoms with E-state index < -0.39 is 0 Å². The van der Waals surface area contributed by atoms with Gasteiger partial charge in [0.25, 0.3) is 0 Å². The quantitative estimate of drug-likeness (QED) is 0.0427. The molecule has 0 radical (unpaired) electrons. The van der Waals surface area contributed by atoms with Crippen LogP contribution in [0.3, 0.4) is 0 Å². The molecule has 6 nitrogen and oxygen atoms in total. The Morgan fingerprint density at radius 1 is 0.136 bits per heavy atom. The monoisotopic (exact) mass is 1790 g/mol. The average molecular weight is 1790 g/mol. The summed E-state index contributed by atoms with van der Waals surface area (Å²) in [7, 11) is 0. The van der Waals surface area contributed by atoms with E-state index in [1.165, 1.54) is 35.3 Å². The SMILES string of the molecule is [Be+2].[Ca+2].[Mg+2].[O-]c1ccc(-c2ccc(/C=C/c3ccccc3)cc2)cc1Sc1cc(-c2ccc(/C=C/c3ccccc3)cc2)ccc1[O-].[O-]c1ccc(-c2ccc(/C=C/c3ccccc3)cc2)cc1Sc1cc(-c2ccc(/C=C/c3ccccc3)cc2)ccc1[O-].[O-]c1ccc(-c2ccc(/C=C/c3ccccc3)cc2)cc1Sc1cc(-c2ccc(/C=C/c3ccccc3)cc2)ccc1[O-]. The summed E-state index contributed by atoms with van der Waals surface area (Å²) in [5.74, 6) is -0.608. The first-order valence-electron chi connectivity index (χ1n) is 42.2. The Labute approximate surface area is 835 Å². The molecule has 0 atom stereocenters. The van der Waals surface area contributed by atoms with Crippen molar-refractivity contribution in [1.29, 1.82) is 0 Å². The van der Waals surface area contributed by atoms with Crippen LogP contribution in [0, 0.1) is 0 Å². The second-order valence-electron chi connectivity index (χ2n) is 30.5. The summed E-state index contributed by atoms with van der Waals surface area (Å²) < 4.78 is 0. The van der Waals surface area contributed by atoms with Gasteiger partial charge in [-0.05, 0) is 170 Å². The minimum atomic E-state index is -0.101. The first-order chi connectivity index (χ1) is 63.3. The third kappa shape index (κ3) is 27.3. The van der Waals surface area contributed by atoms with E-state index in [2.05, 4.69) is 291 Å². The number of hydrogen-bond acceptors (Lipinski definition) is 9. The van der Waals surface area contributed by atoms with E-state index in [-0.39, 0.29) is 105 Å². The summed E-state index contributed by atoms with van der Waals surface area (Å²) in [4.78, 5) is 3.17. The molecule has 12 heteroatoms. The van der Waals surface area contributed by atoms with Gasteiger partial charge in [-0.3, -0.25) is 0 Å². The topological polar surface area (TPSA) is 138 Å². The molecule has 18 rings (SSSR count). The molecule has 0 amide bonds. The van der Waals surface area contributed by atoms with Crippen LogP contribution in [0.2, 0.25) is 0 Å². The van der Waals surface area contributed by atoms with Crippen LogP contribution in [0.4, 0.5) is 0 Å². The average Bonchev–Trinajstić information content (AvgIpc) is 0.816. The normalized spacial score (nSPS) is 11.1. The van der Waals surface area contributed by atoms with Crippen LogP contribution in [0.5, 0.6) is 34.5 Å². The van der Waals surface area contributed by atoms with Gasteiger partial charge in [-0.1, -0.05) is 543 Å². The smallest absolute Gasteiger partial charge is 0.872 e. The van der Waals surface area contributed by atoms with Crippen molar-refractivity contribution >= 4 is 179 Å². The molecule has 0 aliphatic heterocycles. The Morgan fingerprint density at radius 3 is 0.364 bits per heavy atom. The van der Waals surface area contributed by atoms with Gasteiger partial charge in [-0.2, -0.15) is 0 Å². The molecule has 18 aromatic rings. The van der Waals surface area contributed by atoms with Gasteiger partial charge in [0.1, 0.15) is 0 Å². The van der Waals surface area contributed by atoms with Crippen molar-refractivity contribution in [1.82, 2.24) is 0 Å². The van der Waals surface area contributed by atoms with Crippen molar-refractivity contribution in [2.24, 2.45) is 0 Å². The van der Waals surface area contributed by atoms with Gasteiger partial charge in [-0.25, -0.2) is 0 Å². The molecule has 0 aromatic heterocycles. The van der Waals surface area contributed by atoms with Crippen molar-refractivity contribution in [3.05, 3.63) is 504 Å². The number of rotatable bonds is 24. The predicted octanol–water partition coefficient (Wildman–Crippen LogP) is 27.8. The van der Waals surface area contributed by atoms with E-state index in [1.54, 1.807) is 36.4 Å². The first kappa shape index (κ1) is 96.0. The first-order valence-corrected chi connectivity index (χ1v) is 44.7. The molecule has 0 bridgehead atoms. The van der Waals surface area contributed by atoms with Gasteiger partial charge in [-0.15, -0.1) is 0 Å². The Bertz CT molecular complexity index is 5890. The summed E-state index contributed by atoms with van der Waals surface area (Å²) in [5.41, 5.74) is 25.1. The Morgan fingerprint density at radius 2 is 0.242 bits per heavy atom. The van der Waals surface area contributed by atoms with Crippen molar-refractivity contribution in [3.63, 3.8) is 0 Å². The molecule has 0 aliphatic carbocycles. The second kappa shape index (κ2) is 48.4. The van der Waals surface area contributed by atoms with Gasteiger partial charge < -0.3 is 30.6 Å². The molecule has 0 aliphatic rings. The van der Waals surface area contributed by atoms with Crippen LogP contribution in [-0.2, 0) is 0 Å². The second-order valence-corrected chi connectivity index (χ2v) is 33.7. The van der Waals surface area contributed by atoms with Gasteiger partial charge in [0.15, 0.2) is 0 Å². The van der Waals surface area contributed by atoms with Crippen molar-refractivity contribution in [2.45, 2.75) is 29.4 Å². The fraction of sp³-hybridized carbons (Fsp3) is 0. The summed E-state index contributed by atoms with van der Waals surface area (Å²) in [5, 5.41) is 76.9. The zero-order valence-electron chi connectivity index (χ0n) is 72.3. The van der Waals surface area contributed by atoms with Gasteiger partial charge in [0.05, 0.1) is 0 Å². The minimum Gasteiger partial charge on any atom is -0.872 e. The molecule has 132 heavy (non-hydrogen) atoms. The predicted molar refractivity (Wildman–Crippen MR) is 550 cm³/mol. The maximum absolute atomic E-state index is 12.8. The van der Waals surface area contributed by atoms with E-state index in [1.807, 2.05) is 182 Å². The largest absolute Gasteiger partial charge is 2.00 e. The van der Waals surface area contributed by atoms with Crippen LogP contribution in [-0.4, -0.2) is 70.9 Å². The summed E-state index contributed by atoms with van der Waals surface area (Å²) in [6.45, 7) is 0. The summed E-state index contributed by atoms with van der Waals surface area (Å²) >= 11 is 3.69. The maximum Gasteiger partial charge on any atom is 2.00 e. The number of benzene rings is 18. The van der Waals surface area contributed by atoms with Crippen molar-refractivity contribution in [2.75, 3.05) is 0 Å². The zero-order chi connectivity index (χ0) is 88.3.